The van der Waals surface area contributed by atoms with Crippen molar-refractivity contribution in [1.82, 2.24) is 9.62 Å². The third kappa shape index (κ3) is 3.99. The van der Waals surface area contributed by atoms with Gasteiger partial charge < -0.3 is 4.90 Å². The maximum absolute atomic E-state index is 12.5. The minimum absolute atomic E-state index is 0.0422. The van der Waals surface area contributed by atoms with Crippen molar-refractivity contribution in [2.24, 2.45) is 0 Å². The Labute approximate surface area is 140 Å². The van der Waals surface area contributed by atoms with Gasteiger partial charge in [-0.2, -0.15) is 11.3 Å². The summed E-state index contributed by atoms with van der Waals surface area (Å²) in [5.74, 6) is -0.195. The van der Waals surface area contributed by atoms with Crippen LogP contribution in [0.25, 0.3) is 0 Å². The second-order valence-corrected chi connectivity index (χ2v) is 8.21. The number of hydrogen-bond acceptors (Lipinski definition) is 4. The maximum atomic E-state index is 12.5. The molecule has 1 saturated carbocycles. The lowest BCUT2D eigenvalue weighted by molar-refractivity contribution is 0.0785. The minimum atomic E-state index is -3.55. The van der Waals surface area contributed by atoms with Crippen LogP contribution in [0.3, 0.4) is 0 Å². The van der Waals surface area contributed by atoms with Gasteiger partial charge in [0, 0.05) is 25.2 Å². The van der Waals surface area contributed by atoms with E-state index in [0.29, 0.717) is 12.1 Å². The molecule has 0 spiro atoms. The van der Waals surface area contributed by atoms with Crippen LogP contribution in [0.15, 0.2) is 46.0 Å². The first-order valence-corrected chi connectivity index (χ1v) is 9.77. The normalized spacial score (nSPS) is 14.7. The first-order valence-electron chi connectivity index (χ1n) is 7.34. The van der Waals surface area contributed by atoms with Crippen molar-refractivity contribution < 1.29 is 13.2 Å². The number of carbonyl (C=O) groups is 1. The molecule has 5 nitrogen and oxygen atoms in total. The number of rotatable bonds is 6. The highest BCUT2D eigenvalue weighted by Crippen LogP contribution is 2.22. The average Bonchev–Trinajstić information content (AvgIpc) is 3.18. The van der Waals surface area contributed by atoms with Crippen LogP contribution in [0.2, 0.25) is 0 Å². The topological polar surface area (TPSA) is 66.5 Å². The van der Waals surface area contributed by atoms with E-state index in [9.17, 15) is 13.2 Å². The molecule has 1 aliphatic carbocycles. The zero-order valence-electron chi connectivity index (χ0n) is 12.7. The zero-order valence-corrected chi connectivity index (χ0v) is 14.4. The van der Waals surface area contributed by atoms with E-state index in [1.54, 1.807) is 35.4 Å². The van der Waals surface area contributed by atoms with Gasteiger partial charge >= 0.3 is 0 Å². The zero-order chi connectivity index (χ0) is 16.4. The number of hydrogen-bond donors (Lipinski definition) is 1. The fraction of sp³-hybridized carbons (Fsp3) is 0.312. The highest BCUT2D eigenvalue weighted by atomic mass is 32.2. The van der Waals surface area contributed by atoms with E-state index in [1.807, 2.05) is 16.8 Å². The summed E-state index contributed by atoms with van der Waals surface area (Å²) in [6, 6.07) is 8.21. The second kappa shape index (κ2) is 6.43. The number of carbonyl (C=O) groups excluding carboxylic acids is 1. The summed E-state index contributed by atoms with van der Waals surface area (Å²) in [4.78, 5) is 14.2. The predicted molar refractivity (Wildman–Crippen MR) is 89.9 cm³/mol. The molecule has 0 saturated heterocycles. The molecule has 2 aromatic rings. The molecule has 1 aromatic carbocycles. The van der Waals surface area contributed by atoms with Crippen molar-refractivity contribution >= 4 is 27.3 Å². The van der Waals surface area contributed by atoms with E-state index >= 15 is 0 Å². The van der Waals surface area contributed by atoms with Crippen LogP contribution >= 0.6 is 11.3 Å². The van der Waals surface area contributed by atoms with E-state index in [-0.39, 0.29) is 16.8 Å². The molecule has 1 aromatic heterocycles. The van der Waals surface area contributed by atoms with E-state index in [2.05, 4.69) is 4.72 Å². The summed E-state index contributed by atoms with van der Waals surface area (Å²) in [6.07, 6.45) is 1.75. The van der Waals surface area contributed by atoms with Gasteiger partial charge in [-0.25, -0.2) is 13.1 Å². The predicted octanol–water partition coefficient (Wildman–Crippen LogP) is 2.46. The molecular weight excluding hydrogens is 332 g/mol. The quantitative estimate of drug-likeness (QED) is 0.870. The van der Waals surface area contributed by atoms with Crippen LogP contribution in [-0.4, -0.2) is 32.3 Å². The Hall–Kier alpha value is -1.70. The summed E-state index contributed by atoms with van der Waals surface area (Å²) >= 11 is 1.58. The molecule has 1 heterocycles. The summed E-state index contributed by atoms with van der Waals surface area (Å²) in [5, 5.41) is 3.95. The van der Waals surface area contributed by atoms with Gasteiger partial charge in [-0.05, 0) is 53.4 Å². The van der Waals surface area contributed by atoms with Crippen LogP contribution in [0, 0.1) is 0 Å². The monoisotopic (exact) mass is 350 g/mol. The van der Waals surface area contributed by atoms with Crippen molar-refractivity contribution in [1.29, 1.82) is 0 Å². The fourth-order valence-electron chi connectivity index (χ4n) is 2.23. The van der Waals surface area contributed by atoms with Gasteiger partial charge in [0.2, 0.25) is 10.0 Å². The fourth-order valence-corrected chi connectivity index (χ4v) is 4.24. The summed E-state index contributed by atoms with van der Waals surface area (Å²) in [6.45, 7) is 0.500. The molecule has 1 amide bonds. The Kier molecular flexibility index (Phi) is 4.52. The third-order valence-corrected chi connectivity index (χ3v) is 5.89. The van der Waals surface area contributed by atoms with Gasteiger partial charge in [-0.3, -0.25) is 4.79 Å². The Bertz CT molecular complexity index is 796. The van der Waals surface area contributed by atoms with Crippen molar-refractivity contribution in [3.8, 4) is 0 Å². The number of sulfonamides is 1. The summed E-state index contributed by atoms with van der Waals surface area (Å²) < 4.78 is 27.1. The number of nitrogens with zero attached hydrogens (tertiary/aromatic N) is 1. The van der Waals surface area contributed by atoms with Gasteiger partial charge in [0.25, 0.3) is 5.91 Å². The van der Waals surface area contributed by atoms with E-state index in [4.69, 9.17) is 0 Å². The molecule has 1 N–H and O–H groups in total. The SMILES string of the molecule is CN(Cc1ccsc1)C(=O)c1cccc(S(=O)(=O)NC2CC2)c1. The third-order valence-electron chi connectivity index (χ3n) is 3.64. The van der Waals surface area contributed by atoms with Crippen molar-refractivity contribution in [3.05, 3.63) is 52.2 Å². The number of benzene rings is 1. The molecule has 1 aliphatic rings. The molecule has 0 bridgehead atoms. The molecule has 1 fully saturated rings. The first-order chi connectivity index (χ1) is 11.0. The maximum Gasteiger partial charge on any atom is 0.253 e. The number of amides is 1. The molecule has 0 unspecified atom stereocenters. The lowest BCUT2D eigenvalue weighted by Crippen LogP contribution is -2.28. The van der Waals surface area contributed by atoms with Crippen molar-refractivity contribution in [2.45, 2.75) is 30.3 Å². The average molecular weight is 350 g/mol. The molecule has 122 valence electrons. The smallest absolute Gasteiger partial charge is 0.253 e. The highest BCUT2D eigenvalue weighted by Gasteiger charge is 2.28. The Morgan fingerprint density at radius 1 is 1.35 bits per heavy atom. The largest absolute Gasteiger partial charge is 0.337 e. The highest BCUT2D eigenvalue weighted by molar-refractivity contribution is 7.89. The van der Waals surface area contributed by atoms with Crippen molar-refractivity contribution in [3.63, 3.8) is 0 Å². The molecular formula is C16H18N2O3S2. The van der Waals surface area contributed by atoms with E-state index < -0.39 is 10.0 Å². The Morgan fingerprint density at radius 3 is 2.78 bits per heavy atom. The first kappa shape index (κ1) is 16.2. The van der Waals surface area contributed by atoms with Crippen LogP contribution in [0.4, 0.5) is 0 Å². The van der Waals surface area contributed by atoms with E-state index in [0.717, 1.165) is 18.4 Å². The molecule has 7 heteroatoms. The van der Waals surface area contributed by atoms with Crippen LogP contribution in [-0.2, 0) is 16.6 Å². The van der Waals surface area contributed by atoms with Crippen molar-refractivity contribution in [2.75, 3.05) is 7.05 Å². The molecule has 0 radical (unpaired) electrons. The number of thiophene rings is 1. The van der Waals surface area contributed by atoms with Crippen LogP contribution in [0.1, 0.15) is 28.8 Å². The van der Waals surface area contributed by atoms with Gasteiger partial charge in [0.15, 0.2) is 0 Å². The second-order valence-electron chi connectivity index (χ2n) is 5.72. The van der Waals surface area contributed by atoms with Gasteiger partial charge in [-0.1, -0.05) is 6.07 Å². The minimum Gasteiger partial charge on any atom is -0.337 e. The molecule has 3 rings (SSSR count). The number of nitrogens with one attached hydrogen (secondary N) is 1. The molecule has 0 aliphatic heterocycles. The van der Waals surface area contributed by atoms with Gasteiger partial charge in [0.1, 0.15) is 0 Å². The summed E-state index contributed by atoms with van der Waals surface area (Å²) in [7, 11) is -1.84. The van der Waals surface area contributed by atoms with Gasteiger partial charge in [-0.15, -0.1) is 0 Å². The lowest BCUT2D eigenvalue weighted by Gasteiger charge is -2.17. The summed E-state index contributed by atoms with van der Waals surface area (Å²) in [5.41, 5.74) is 1.44. The van der Waals surface area contributed by atoms with Crippen LogP contribution < -0.4 is 4.72 Å². The van der Waals surface area contributed by atoms with Crippen LogP contribution in [0.5, 0.6) is 0 Å². The van der Waals surface area contributed by atoms with Gasteiger partial charge in [0.05, 0.1) is 4.90 Å². The Morgan fingerprint density at radius 2 is 2.13 bits per heavy atom. The molecule has 23 heavy (non-hydrogen) atoms. The standard InChI is InChI=1S/C16H18N2O3S2/c1-18(10-12-7-8-22-11-12)16(19)13-3-2-4-15(9-13)23(20,21)17-14-5-6-14/h2-4,7-9,11,14,17H,5-6,10H2,1H3. The lowest BCUT2D eigenvalue weighted by atomic mass is 10.2. The molecule has 0 atom stereocenters. The van der Waals surface area contributed by atoms with E-state index in [1.165, 1.54) is 12.1 Å². The Balaban J connectivity index is 1.77.